The van der Waals surface area contributed by atoms with Crippen molar-refractivity contribution in [3.8, 4) is 5.75 Å². The summed E-state index contributed by atoms with van der Waals surface area (Å²) in [7, 11) is 0. The Hall–Kier alpha value is -3.02. The maximum absolute atomic E-state index is 13.2. The molecular formula is C25H31N3O3. The number of carbonyl (C=O) groups excluding carboxylic acids is 2. The van der Waals surface area contributed by atoms with E-state index in [-0.39, 0.29) is 17.7 Å². The minimum atomic E-state index is -0.264. The van der Waals surface area contributed by atoms with Gasteiger partial charge in [0.2, 0.25) is 11.8 Å². The van der Waals surface area contributed by atoms with Crippen LogP contribution in [0.1, 0.15) is 25.8 Å². The molecule has 0 unspecified atom stereocenters. The third kappa shape index (κ3) is 4.38. The first kappa shape index (κ1) is 21.2. The van der Waals surface area contributed by atoms with Crippen LogP contribution in [-0.4, -0.2) is 56.0 Å². The number of amides is 2. The van der Waals surface area contributed by atoms with Crippen molar-refractivity contribution in [2.24, 2.45) is 5.92 Å². The van der Waals surface area contributed by atoms with Crippen LogP contribution in [-0.2, 0) is 16.0 Å². The smallest absolute Gasteiger partial charge is 0.228 e. The summed E-state index contributed by atoms with van der Waals surface area (Å²) in [6.45, 7) is 8.03. The zero-order valence-electron chi connectivity index (χ0n) is 18.4. The molecule has 0 radical (unpaired) electrons. The molecule has 6 heteroatoms. The minimum absolute atomic E-state index is 0.0449. The van der Waals surface area contributed by atoms with E-state index in [0.717, 1.165) is 42.2 Å². The molecule has 0 aliphatic carbocycles. The number of piperazine rings is 1. The Balaban J connectivity index is 1.39. The molecule has 2 amide bonds. The summed E-state index contributed by atoms with van der Waals surface area (Å²) in [6, 6.07) is 16.0. The molecule has 164 valence electrons. The molecule has 2 fully saturated rings. The predicted octanol–water partition coefficient (Wildman–Crippen LogP) is 3.35. The maximum atomic E-state index is 13.2. The van der Waals surface area contributed by atoms with E-state index in [1.54, 1.807) is 4.90 Å². The van der Waals surface area contributed by atoms with Gasteiger partial charge in [-0.1, -0.05) is 37.3 Å². The van der Waals surface area contributed by atoms with Gasteiger partial charge in [0.25, 0.3) is 0 Å². The van der Waals surface area contributed by atoms with Gasteiger partial charge in [-0.2, -0.15) is 0 Å². The summed E-state index contributed by atoms with van der Waals surface area (Å²) < 4.78 is 5.77. The van der Waals surface area contributed by atoms with E-state index in [1.807, 2.05) is 48.2 Å². The van der Waals surface area contributed by atoms with Crippen molar-refractivity contribution < 1.29 is 14.3 Å². The molecule has 4 rings (SSSR count). The van der Waals surface area contributed by atoms with E-state index in [4.69, 9.17) is 4.74 Å². The zero-order chi connectivity index (χ0) is 21.8. The van der Waals surface area contributed by atoms with Crippen LogP contribution in [0.5, 0.6) is 5.75 Å². The van der Waals surface area contributed by atoms with Crippen molar-refractivity contribution in [1.29, 1.82) is 0 Å². The van der Waals surface area contributed by atoms with E-state index in [1.165, 1.54) is 0 Å². The van der Waals surface area contributed by atoms with Gasteiger partial charge in [-0.25, -0.2) is 0 Å². The Morgan fingerprint density at radius 3 is 2.35 bits per heavy atom. The quantitative estimate of drug-likeness (QED) is 0.718. The lowest BCUT2D eigenvalue weighted by Crippen LogP contribution is -2.50. The van der Waals surface area contributed by atoms with E-state index in [9.17, 15) is 9.59 Å². The highest BCUT2D eigenvalue weighted by Crippen LogP contribution is 2.31. The molecule has 0 bridgehead atoms. The number of anilines is 2. The number of hydrogen-bond donors (Lipinski definition) is 0. The Bertz CT molecular complexity index is 937. The first-order valence-corrected chi connectivity index (χ1v) is 11.3. The summed E-state index contributed by atoms with van der Waals surface area (Å²) in [5.41, 5.74) is 3.17. The van der Waals surface area contributed by atoms with E-state index in [2.05, 4.69) is 24.0 Å². The number of rotatable bonds is 6. The van der Waals surface area contributed by atoms with Crippen molar-refractivity contribution in [2.75, 3.05) is 49.1 Å². The van der Waals surface area contributed by atoms with Crippen LogP contribution in [0, 0.1) is 5.92 Å². The van der Waals surface area contributed by atoms with Gasteiger partial charge < -0.3 is 19.4 Å². The van der Waals surface area contributed by atoms with Crippen molar-refractivity contribution >= 4 is 23.2 Å². The standard InChI is InChI=1S/C25H31N3O3/c1-3-19-9-5-6-10-21(19)28-18-20(17-24(28)29)25(30)27-15-13-26(14-16-27)22-11-7-8-12-23(22)31-4-2/h5-12,20H,3-4,13-18H2,1-2H3/t20-/m0/s1. The van der Waals surface area contributed by atoms with Gasteiger partial charge in [0.05, 0.1) is 18.2 Å². The average Bonchev–Trinajstić information content (AvgIpc) is 3.20. The van der Waals surface area contributed by atoms with Gasteiger partial charge in [-0.3, -0.25) is 9.59 Å². The number of aryl methyl sites for hydroxylation is 1. The average molecular weight is 422 g/mol. The zero-order valence-corrected chi connectivity index (χ0v) is 18.4. The van der Waals surface area contributed by atoms with Gasteiger partial charge in [-0.15, -0.1) is 0 Å². The molecule has 2 aromatic rings. The Labute approximate surface area is 184 Å². The summed E-state index contributed by atoms with van der Waals surface area (Å²) in [5.74, 6) is 0.766. The summed E-state index contributed by atoms with van der Waals surface area (Å²) >= 11 is 0. The van der Waals surface area contributed by atoms with Crippen molar-refractivity contribution in [3.63, 3.8) is 0 Å². The van der Waals surface area contributed by atoms with Gasteiger partial charge in [0.15, 0.2) is 0 Å². The maximum Gasteiger partial charge on any atom is 0.228 e. The van der Waals surface area contributed by atoms with Crippen molar-refractivity contribution in [2.45, 2.75) is 26.7 Å². The summed E-state index contributed by atoms with van der Waals surface area (Å²) in [6.07, 6.45) is 1.16. The van der Waals surface area contributed by atoms with E-state index < -0.39 is 0 Å². The third-order valence-electron chi connectivity index (χ3n) is 6.23. The molecule has 0 spiro atoms. The number of carbonyl (C=O) groups is 2. The SMILES string of the molecule is CCOc1ccccc1N1CCN(C(=O)[C@H]2CC(=O)N(c3ccccc3CC)C2)CC1. The lowest BCUT2D eigenvalue weighted by atomic mass is 10.1. The topological polar surface area (TPSA) is 53.1 Å². The lowest BCUT2D eigenvalue weighted by molar-refractivity contribution is -0.136. The first-order chi connectivity index (χ1) is 15.1. The number of ether oxygens (including phenoxy) is 1. The molecule has 0 aromatic heterocycles. The molecule has 2 saturated heterocycles. The van der Waals surface area contributed by atoms with Gasteiger partial charge in [0, 0.05) is 44.8 Å². The minimum Gasteiger partial charge on any atom is -0.492 e. The molecule has 6 nitrogen and oxygen atoms in total. The lowest BCUT2D eigenvalue weighted by Gasteiger charge is -2.37. The van der Waals surface area contributed by atoms with Crippen LogP contribution >= 0.6 is 0 Å². The second kappa shape index (κ2) is 9.41. The molecule has 0 N–H and O–H groups in total. The molecule has 2 aromatic carbocycles. The number of nitrogens with zero attached hydrogens (tertiary/aromatic N) is 3. The van der Waals surface area contributed by atoms with E-state index >= 15 is 0 Å². The van der Waals surface area contributed by atoms with Gasteiger partial charge in [0.1, 0.15) is 5.75 Å². The highest BCUT2D eigenvalue weighted by Gasteiger charge is 2.38. The van der Waals surface area contributed by atoms with Crippen LogP contribution in [0.2, 0.25) is 0 Å². The molecule has 31 heavy (non-hydrogen) atoms. The fraction of sp³-hybridized carbons (Fsp3) is 0.440. The second-order valence-electron chi connectivity index (χ2n) is 8.10. The number of benzene rings is 2. The number of hydrogen-bond acceptors (Lipinski definition) is 4. The van der Waals surface area contributed by atoms with Gasteiger partial charge >= 0.3 is 0 Å². The first-order valence-electron chi connectivity index (χ1n) is 11.3. The molecular weight excluding hydrogens is 390 g/mol. The third-order valence-corrected chi connectivity index (χ3v) is 6.23. The molecule has 2 aliphatic heterocycles. The Morgan fingerprint density at radius 2 is 1.65 bits per heavy atom. The second-order valence-corrected chi connectivity index (χ2v) is 8.10. The van der Waals surface area contributed by atoms with Crippen LogP contribution in [0.4, 0.5) is 11.4 Å². The highest BCUT2D eigenvalue weighted by atomic mass is 16.5. The summed E-state index contributed by atoms with van der Waals surface area (Å²) in [5, 5.41) is 0. The predicted molar refractivity (Wildman–Crippen MR) is 123 cm³/mol. The Kier molecular flexibility index (Phi) is 6.44. The van der Waals surface area contributed by atoms with Crippen molar-refractivity contribution in [1.82, 2.24) is 4.90 Å². The fourth-order valence-electron chi connectivity index (χ4n) is 4.60. The highest BCUT2D eigenvalue weighted by molar-refractivity contribution is 6.00. The van der Waals surface area contributed by atoms with Crippen LogP contribution in [0.15, 0.2) is 48.5 Å². The fourth-order valence-corrected chi connectivity index (χ4v) is 4.60. The monoisotopic (exact) mass is 421 g/mol. The largest absolute Gasteiger partial charge is 0.492 e. The van der Waals surface area contributed by atoms with Gasteiger partial charge in [-0.05, 0) is 37.1 Å². The molecule has 1 atom stereocenters. The summed E-state index contributed by atoms with van der Waals surface area (Å²) in [4.78, 5) is 31.9. The Morgan fingerprint density at radius 1 is 0.968 bits per heavy atom. The molecule has 2 aliphatic rings. The normalized spacial score (nSPS) is 19.1. The van der Waals surface area contributed by atoms with Crippen LogP contribution in [0.3, 0.4) is 0 Å². The van der Waals surface area contributed by atoms with Crippen molar-refractivity contribution in [3.05, 3.63) is 54.1 Å². The van der Waals surface area contributed by atoms with Crippen LogP contribution in [0.25, 0.3) is 0 Å². The molecule has 2 heterocycles. The van der Waals surface area contributed by atoms with Crippen LogP contribution < -0.4 is 14.5 Å². The number of para-hydroxylation sites is 3. The van der Waals surface area contributed by atoms with E-state index in [0.29, 0.717) is 32.7 Å². The molecule has 0 saturated carbocycles.